The first kappa shape index (κ1) is 21.3. The Balaban J connectivity index is 1.83. The molecule has 6 nitrogen and oxygen atoms in total. The monoisotopic (exact) mass is 432 g/mol. The fraction of sp³-hybridized carbons (Fsp3) is 0.333. The largest absolute Gasteiger partial charge is 0.494 e. The quantitative estimate of drug-likeness (QED) is 0.597. The van der Waals surface area contributed by atoms with E-state index in [1.54, 1.807) is 38.1 Å². The number of fused-ring (bicyclic) bond motifs is 1. The van der Waals surface area contributed by atoms with Gasteiger partial charge in [-0.15, -0.1) is 0 Å². The third-order valence-electron chi connectivity index (χ3n) is 4.54. The van der Waals surface area contributed by atoms with Crippen molar-refractivity contribution in [3.63, 3.8) is 0 Å². The minimum Gasteiger partial charge on any atom is -0.494 e. The molecule has 0 aliphatic carbocycles. The standard InChI is InChI=1S/C21H24N2O4S2/c1-5-27-16-8-11-18-19(13-16)28-21(23(18)4)22-20(24)12-15-6-9-17(10-7-15)29(25,26)14(2)3/h6-11,13-14H,5,12H2,1-4H3. The smallest absolute Gasteiger partial charge is 0.252 e. The minimum absolute atomic E-state index is 0.112. The van der Waals surface area contributed by atoms with Crippen molar-refractivity contribution in [3.8, 4) is 5.75 Å². The molecule has 0 fully saturated rings. The summed E-state index contributed by atoms with van der Waals surface area (Å²) < 4.78 is 32.8. The van der Waals surface area contributed by atoms with Crippen LogP contribution in [0.15, 0.2) is 52.4 Å². The maximum Gasteiger partial charge on any atom is 0.252 e. The minimum atomic E-state index is -3.32. The Hall–Kier alpha value is -2.45. The zero-order valence-electron chi connectivity index (χ0n) is 16.9. The van der Waals surface area contributed by atoms with Gasteiger partial charge in [0.1, 0.15) is 5.75 Å². The Kier molecular flexibility index (Phi) is 6.24. The summed E-state index contributed by atoms with van der Waals surface area (Å²) in [7, 11) is -1.45. The SMILES string of the molecule is CCOc1ccc2c(c1)sc(=NC(=O)Cc1ccc(S(=O)(=O)C(C)C)cc1)n2C. The maximum absolute atomic E-state index is 12.5. The molecule has 0 saturated heterocycles. The Morgan fingerprint density at radius 2 is 1.86 bits per heavy atom. The molecular weight excluding hydrogens is 408 g/mol. The number of aromatic nitrogens is 1. The molecule has 2 aromatic carbocycles. The molecule has 1 heterocycles. The van der Waals surface area contributed by atoms with E-state index in [2.05, 4.69) is 4.99 Å². The third-order valence-corrected chi connectivity index (χ3v) is 7.81. The average Bonchev–Trinajstić information content (AvgIpc) is 2.97. The molecular formula is C21H24N2O4S2. The van der Waals surface area contributed by atoms with Crippen LogP contribution in [-0.2, 0) is 28.1 Å². The van der Waals surface area contributed by atoms with Crippen LogP contribution >= 0.6 is 11.3 Å². The van der Waals surface area contributed by atoms with Gasteiger partial charge in [0, 0.05) is 7.05 Å². The highest BCUT2D eigenvalue weighted by molar-refractivity contribution is 7.92. The lowest BCUT2D eigenvalue weighted by Crippen LogP contribution is -2.15. The summed E-state index contributed by atoms with van der Waals surface area (Å²) in [6, 6.07) is 12.2. The molecule has 0 atom stereocenters. The highest BCUT2D eigenvalue weighted by Crippen LogP contribution is 2.23. The number of sulfone groups is 1. The molecule has 0 bridgehead atoms. The van der Waals surface area contributed by atoms with Crippen molar-refractivity contribution in [2.75, 3.05) is 6.61 Å². The van der Waals surface area contributed by atoms with Crippen LogP contribution in [0.1, 0.15) is 26.3 Å². The summed E-state index contributed by atoms with van der Waals surface area (Å²) in [6.45, 7) is 5.82. The summed E-state index contributed by atoms with van der Waals surface area (Å²) in [6.07, 6.45) is 0.112. The number of aryl methyl sites for hydroxylation is 1. The number of thiazole rings is 1. The number of rotatable bonds is 6. The average molecular weight is 433 g/mol. The van der Waals surface area contributed by atoms with Gasteiger partial charge in [0.2, 0.25) is 0 Å². The Labute approximate surface area is 174 Å². The number of amides is 1. The van der Waals surface area contributed by atoms with Crippen molar-refractivity contribution in [1.82, 2.24) is 4.57 Å². The first-order valence-corrected chi connectivity index (χ1v) is 11.7. The first-order chi connectivity index (χ1) is 13.7. The summed E-state index contributed by atoms with van der Waals surface area (Å²) in [4.78, 5) is 17.6. The van der Waals surface area contributed by atoms with Gasteiger partial charge in [-0.05, 0) is 56.7 Å². The molecule has 0 saturated carbocycles. The van der Waals surface area contributed by atoms with Gasteiger partial charge in [0.15, 0.2) is 14.6 Å². The second kappa shape index (κ2) is 8.51. The van der Waals surface area contributed by atoms with Crippen molar-refractivity contribution in [2.45, 2.75) is 37.3 Å². The zero-order chi connectivity index (χ0) is 21.2. The summed E-state index contributed by atoms with van der Waals surface area (Å²) >= 11 is 1.43. The molecule has 0 N–H and O–H groups in total. The van der Waals surface area contributed by atoms with Crippen LogP contribution in [0.25, 0.3) is 10.2 Å². The molecule has 1 amide bonds. The predicted molar refractivity (Wildman–Crippen MR) is 115 cm³/mol. The highest BCUT2D eigenvalue weighted by atomic mass is 32.2. The second-order valence-electron chi connectivity index (χ2n) is 6.93. The van der Waals surface area contributed by atoms with Crippen molar-refractivity contribution >= 4 is 37.3 Å². The number of benzene rings is 2. The van der Waals surface area contributed by atoms with Crippen LogP contribution in [0.3, 0.4) is 0 Å². The topological polar surface area (TPSA) is 77.7 Å². The van der Waals surface area contributed by atoms with E-state index in [1.807, 2.05) is 36.7 Å². The molecule has 0 aliphatic rings. The number of nitrogens with zero attached hydrogens (tertiary/aromatic N) is 2. The van der Waals surface area contributed by atoms with E-state index in [9.17, 15) is 13.2 Å². The van der Waals surface area contributed by atoms with E-state index in [1.165, 1.54) is 11.3 Å². The van der Waals surface area contributed by atoms with Gasteiger partial charge in [0.25, 0.3) is 5.91 Å². The fourth-order valence-corrected chi connectivity index (χ4v) is 4.99. The molecule has 0 unspecified atom stereocenters. The van der Waals surface area contributed by atoms with Crippen molar-refractivity contribution in [2.24, 2.45) is 12.0 Å². The predicted octanol–water partition coefficient (Wildman–Crippen LogP) is 3.49. The van der Waals surface area contributed by atoms with Gasteiger partial charge >= 0.3 is 0 Å². The van der Waals surface area contributed by atoms with Crippen LogP contribution in [0.4, 0.5) is 0 Å². The second-order valence-corrected chi connectivity index (χ2v) is 10.4. The van der Waals surface area contributed by atoms with Crippen molar-refractivity contribution in [3.05, 3.63) is 52.8 Å². The first-order valence-electron chi connectivity index (χ1n) is 9.35. The van der Waals surface area contributed by atoms with Gasteiger partial charge < -0.3 is 9.30 Å². The number of ether oxygens (including phenoxy) is 1. The van der Waals surface area contributed by atoms with Crippen LogP contribution in [0, 0.1) is 0 Å². The van der Waals surface area contributed by atoms with E-state index in [-0.39, 0.29) is 17.2 Å². The molecule has 0 aliphatic heterocycles. The zero-order valence-corrected chi connectivity index (χ0v) is 18.5. The van der Waals surface area contributed by atoms with E-state index in [4.69, 9.17) is 4.74 Å². The lowest BCUT2D eigenvalue weighted by atomic mass is 10.1. The van der Waals surface area contributed by atoms with Crippen LogP contribution in [0.2, 0.25) is 0 Å². The Bertz CT molecular complexity index is 1200. The molecule has 3 rings (SSSR count). The molecule has 0 radical (unpaired) electrons. The normalized spacial score (nSPS) is 12.7. The van der Waals surface area contributed by atoms with Crippen molar-refractivity contribution in [1.29, 1.82) is 0 Å². The Morgan fingerprint density at radius 3 is 2.48 bits per heavy atom. The van der Waals surface area contributed by atoms with Gasteiger partial charge in [0.05, 0.1) is 33.4 Å². The molecule has 8 heteroatoms. The van der Waals surface area contributed by atoms with E-state index >= 15 is 0 Å². The molecule has 29 heavy (non-hydrogen) atoms. The fourth-order valence-electron chi connectivity index (χ4n) is 2.87. The maximum atomic E-state index is 12.5. The molecule has 3 aromatic rings. The van der Waals surface area contributed by atoms with Crippen LogP contribution < -0.4 is 9.54 Å². The summed E-state index contributed by atoms with van der Waals surface area (Å²) in [5, 5.41) is -0.485. The van der Waals surface area contributed by atoms with Gasteiger partial charge in [-0.2, -0.15) is 4.99 Å². The number of hydrogen-bond acceptors (Lipinski definition) is 5. The lowest BCUT2D eigenvalue weighted by Gasteiger charge is -2.08. The molecule has 154 valence electrons. The third kappa shape index (κ3) is 4.59. The van der Waals surface area contributed by atoms with Gasteiger partial charge in [-0.1, -0.05) is 23.5 Å². The molecule has 1 aromatic heterocycles. The summed E-state index contributed by atoms with van der Waals surface area (Å²) in [5.74, 6) is 0.507. The van der Waals surface area contributed by atoms with Gasteiger partial charge in [-0.25, -0.2) is 8.42 Å². The van der Waals surface area contributed by atoms with Crippen LogP contribution in [0.5, 0.6) is 5.75 Å². The summed E-state index contributed by atoms with van der Waals surface area (Å²) in [5.41, 5.74) is 1.71. The number of carbonyl (C=O) groups is 1. The highest BCUT2D eigenvalue weighted by Gasteiger charge is 2.18. The van der Waals surface area contributed by atoms with Crippen LogP contribution in [-0.4, -0.2) is 30.7 Å². The van der Waals surface area contributed by atoms with E-state index in [0.29, 0.717) is 11.4 Å². The van der Waals surface area contributed by atoms with E-state index in [0.717, 1.165) is 21.5 Å². The van der Waals surface area contributed by atoms with Crippen molar-refractivity contribution < 1.29 is 17.9 Å². The number of hydrogen-bond donors (Lipinski definition) is 0. The van der Waals surface area contributed by atoms with Gasteiger partial charge in [-0.3, -0.25) is 4.79 Å². The number of carbonyl (C=O) groups excluding carboxylic acids is 1. The molecule has 0 spiro atoms. The Morgan fingerprint density at radius 1 is 1.17 bits per heavy atom. The van der Waals surface area contributed by atoms with E-state index < -0.39 is 15.1 Å². The lowest BCUT2D eigenvalue weighted by molar-refractivity contribution is -0.117.